The van der Waals surface area contributed by atoms with E-state index in [9.17, 15) is 14.7 Å². The van der Waals surface area contributed by atoms with Crippen molar-refractivity contribution in [3.05, 3.63) is 53.6 Å². The van der Waals surface area contributed by atoms with Crippen molar-refractivity contribution in [3.63, 3.8) is 0 Å². The number of rotatable bonds is 3. The fourth-order valence-electron chi connectivity index (χ4n) is 3.77. The monoisotopic (exact) mass is 440 g/mol. The summed E-state index contributed by atoms with van der Waals surface area (Å²) in [5, 5.41) is 14.2. The molecule has 1 amide bonds. The zero-order valence-electron chi connectivity index (χ0n) is 18.7. The predicted octanol–water partition coefficient (Wildman–Crippen LogP) is 4.02. The van der Waals surface area contributed by atoms with E-state index in [1.165, 1.54) is 12.1 Å². The zero-order chi connectivity index (χ0) is 22.8. The number of phenols is 1. The Kier molecular flexibility index (Phi) is 8.90. The SMILES string of the molecule is CC1/C=C/CCOC(=O)c2ccc(O)cc2CC(=N\OCC(=O)N2CCCCC2)/C=C/C1. The van der Waals surface area contributed by atoms with Crippen LogP contribution in [0.3, 0.4) is 0 Å². The van der Waals surface area contributed by atoms with Crippen LogP contribution in [0.15, 0.2) is 47.7 Å². The van der Waals surface area contributed by atoms with Crippen molar-refractivity contribution in [1.29, 1.82) is 0 Å². The number of esters is 1. The number of hydrogen-bond donors (Lipinski definition) is 1. The summed E-state index contributed by atoms with van der Waals surface area (Å²) in [5.41, 5.74) is 1.53. The number of likely N-dealkylation sites (tertiary alicyclic amines) is 1. The number of benzene rings is 1. The lowest BCUT2D eigenvalue weighted by atomic mass is 10.00. The average Bonchev–Trinajstić information content (AvgIpc) is 2.78. The smallest absolute Gasteiger partial charge is 0.338 e. The van der Waals surface area contributed by atoms with Crippen LogP contribution in [-0.4, -0.2) is 53.9 Å². The number of fused-ring (bicyclic) bond motifs is 1. The van der Waals surface area contributed by atoms with Gasteiger partial charge in [-0.2, -0.15) is 0 Å². The molecule has 0 aromatic heterocycles. The Balaban J connectivity index is 1.78. The van der Waals surface area contributed by atoms with Gasteiger partial charge in [-0.25, -0.2) is 4.79 Å². The van der Waals surface area contributed by atoms with Crippen molar-refractivity contribution in [1.82, 2.24) is 4.90 Å². The molecule has 1 unspecified atom stereocenters. The van der Waals surface area contributed by atoms with Gasteiger partial charge in [-0.3, -0.25) is 4.79 Å². The van der Waals surface area contributed by atoms with E-state index in [1.807, 2.05) is 23.1 Å². The highest BCUT2D eigenvalue weighted by atomic mass is 16.6. The van der Waals surface area contributed by atoms with Crippen molar-refractivity contribution in [2.75, 3.05) is 26.3 Å². The summed E-state index contributed by atoms with van der Waals surface area (Å²) in [6.45, 7) is 3.81. The fourth-order valence-corrected chi connectivity index (χ4v) is 3.77. The van der Waals surface area contributed by atoms with Crippen molar-refractivity contribution in [2.45, 2.75) is 45.4 Å². The molecule has 3 rings (SSSR count). The highest BCUT2D eigenvalue weighted by Gasteiger charge is 2.18. The van der Waals surface area contributed by atoms with Crippen LogP contribution in [0, 0.1) is 5.92 Å². The van der Waals surface area contributed by atoms with E-state index in [0.717, 1.165) is 38.8 Å². The van der Waals surface area contributed by atoms with Gasteiger partial charge in [-0.05, 0) is 67.9 Å². The Labute approximate surface area is 189 Å². The van der Waals surface area contributed by atoms with E-state index in [0.29, 0.717) is 35.8 Å². The number of hydrogen-bond acceptors (Lipinski definition) is 6. The highest BCUT2D eigenvalue weighted by molar-refractivity contribution is 5.99. The second-order valence-electron chi connectivity index (χ2n) is 8.28. The lowest BCUT2D eigenvalue weighted by Gasteiger charge is -2.26. The number of carbonyl (C=O) groups is 2. The maximum absolute atomic E-state index is 12.6. The molecule has 32 heavy (non-hydrogen) atoms. The van der Waals surface area contributed by atoms with Gasteiger partial charge >= 0.3 is 5.97 Å². The second kappa shape index (κ2) is 12.1. The summed E-state index contributed by atoms with van der Waals surface area (Å²) in [7, 11) is 0. The predicted molar refractivity (Wildman–Crippen MR) is 123 cm³/mol. The Morgan fingerprint density at radius 1 is 1.25 bits per heavy atom. The topological polar surface area (TPSA) is 88.4 Å². The minimum absolute atomic E-state index is 0.0544. The molecule has 0 radical (unpaired) electrons. The van der Waals surface area contributed by atoms with E-state index < -0.39 is 5.97 Å². The van der Waals surface area contributed by atoms with E-state index in [1.54, 1.807) is 6.07 Å². The third-order valence-corrected chi connectivity index (χ3v) is 5.56. The van der Waals surface area contributed by atoms with E-state index in [4.69, 9.17) is 9.57 Å². The van der Waals surface area contributed by atoms with Crippen LogP contribution in [0.1, 0.15) is 54.9 Å². The van der Waals surface area contributed by atoms with Crippen molar-refractivity contribution < 1.29 is 24.3 Å². The van der Waals surface area contributed by atoms with Gasteiger partial charge in [0.15, 0.2) is 6.61 Å². The van der Waals surface area contributed by atoms with Gasteiger partial charge in [0.25, 0.3) is 5.91 Å². The number of nitrogens with zero attached hydrogens (tertiary/aromatic N) is 2. The normalized spacial score (nSPS) is 23.5. The van der Waals surface area contributed by atoms with Crippen LogP contribution in [0.2, 0.25) is 0 Å². The van der Waals surface area contributed by atoms with E-state index in [-0.39, 0.29) is 24.7 Å². The molecular weight excluding hydrogens is 408 g/mol. The Hall–Kier alpha value is -3.09. The first-order valence-electron chi connectivity index (χ1n) is 11.3. The van der Waals surface area contributed by atoms with Gasteiger partial charge in [-0.1, -0.05) is 30.3 Å². The van der Waals surface area contributed by atoms with Crippen molar-refractivity contribution in [3.8, 4) is 5.75 Å². The van der Waals surface area contributed by atoms with Crippen LogP contribution < -0.4 is 0 Å². The van der Waals surface area contributed by atoms with Gasteiger partial charge in [0.2, 0.25) is 0 Å². The molecule has 1 fully saturated rings. The number of phenolic OH excluding ortho intramolecular Hbond substituents is 1. The van der Waals surface area contributed by atoms with Gasteiger partial charge < -0.3 is 19.6 Å². The van der Waals surface area contributed by atoms with Gasteiger partial charge in [-0.15, -0.1) is 0 Å². The first kappa shape index (κ1) is 23.6. The number of oxime groups is 1. The van der Waals surface area contributed by atoms with E-state index >= 15 is 0 Å². The maximum Gasteiger partial charge on any atom is 0.338 e. The maximum atomic E-state index is 12.6. The van der Waals surface area contributed by atoms with Crippen LogP contribution in [-0.2, 0) is 20.8 Å². The second-order valence-corrected chi connectivity index (χ2v) is 8.28. The molecule has 0 aliphatic carbocycles. The Morgan fingerprint density at radius 2 is 2.06 bits per heavy atom. The first-order chi connectivity index (χ1) is 15.5. The molecule has 0 saturated carbocycles. The number of piperidine rings is 1. The lowest BCUT2D eigenvalue weighted by Crippen LogP contribution is -2.37. The van der Waals surface area contributed by atoms with Gasteiger partial charge in [0.05, 0.1) is 17.9 Å². The lowest BCUT2D eigenvalue weighted by molar-refractivity contribution is -0.137. The molecule has 1 aromatic rings. The summed E-state index contributed by atoms with van der Waals surface area (Å²) in [6.07, 6.45) is 12.9. The summed E-state index contributed by atoms with van der Waals surface area (Å²) in [4.78, 5) is 32.1. The number of ether oxygens (including phenoxy) is 1. The van der Waals surface area contributed by atoms with Gasteiger partial charge in [0, 0.05) is 19.5 Å². The molecule has 0 spiro atoms. The number of allylic oxidation sites excluding steroid dienone is 3. The Morgan fingerprint density at radius 3 is 2.88 bits per heavy atom. The average molecular weight is 441 g/mol. The zero-order valence-corrected chi connectivity index (χ0v) is 18.7. The summed E-state index contributed by atoms with van der Waals surface area (Å²) in [6, 6.07) is 4.55. The fraction of sp³-hybridized carbons (Fsp3) is 0.480. The largest absolute Gasteiger partial charge is 0.508 e. The molecule has 1 saturated heterocycles. The molecule has 1 aromatic carbocycles. The number of carbonyl (C=O) groups excluding carboxylic acids is 2. The summed E-state index contributed by atoms with van der Waals surface area (Å²) in [5.74, 6) is -0.134. The van der Waals surface area contributed by atoms with Crippen LogP contribution in [0.4, 0.5) is 0 Å². The standard InChI is InChI=1S/C25H32N2O5/c1-19-8-3-6-15-31-25(30)23-12-11-22(28)17-20(23)16-21(10-7-9-19)26-32-18-24(29)27-13-4-2-5-14-27/h3,7-8,10-12,17,19,28H,2,4-6,9,13-16,18H2,1H3/b8-3+,10-7+,26-21-. The van der Waals surface area contributed by atoms with Crippen molar-refractivity contribution >= 4 is 17.6 Å². The molecule has 1 atom stereocenters. The molecule has 7 heteroatoms. The van der Waals surface area contributed by atoms with E-state index in [2.05, 4.69) is 18.2 Å². The molecule has 2 heterocycles. The minimum atomic E-state index is -0.442. The third-order valence-electron chi connectivity index (χ3n) is 5.56. The molecule has 172 valence electrons. The highest BCUT2D eigenvalue weighted by Crippen LogP contribution is 2.20. The van der Waals surface area contributed by atoms with Crippen LogP contribution >= 0.6 is 0 Å². The summed E-state index contributed by atoms with van der Waals surface area (Å²) >= 11 is 0. The quantitative estimate of drug-likeness (QED) is 0.436. The van der Waals surface area contributed by atoms with Crippen LogP contribution in [0.5, 0.6) is 5.75 Å². The number of aromatic hydroxyl groups is 1. The van der Waals surface area contributed by atoms with Crippen molar-refractivity contribution in [2.24, 2.45) is 11.1 Å². The number of amides is 1. The molecule has 2 aliphatic rings. The summed E-state index contributed by atoms with van der Waals surface area (Å²) < 4.78 is 5.39. The molecule has 2 aliphatic heterocycles. The first-order valence-corrected chi connectivity index (χ1v) is 11.3. The number of cyclic esters (lactones) is 1. The molecule has 1 N–H and O–H groups in total. The Bertz CT molecular complexity index is 884. The van der Waals surface area contributed by atoms with Crippen LogP contribution in [0.25, 0.3) is 0 Å². The minimum Gasteiger partial charge on any atom is -0.508 e. The molecular formula is C25H32N2O5. The third kappa shape index (κ3) is 7.25. The molecule has 7 nitrogen and oxygen atoms in total. The molecule has 0 bridgehead atoms. The van der Waals surface area contributed by atoms with Gasteiger partial charge in [0.1, 0.15) is 5.75 Å².